The van der Waals surface area contributed by atoms with Gasteiger partial charge in [0.05, 0.1) is 0 Å². The third-order valence-corrected chi connectivity index (χ3v) is 3.87. The van der Waals surface area contributed by atoms with Crippen LogP contribution in [0.15, 0.2) is 18.2 Å². The molecule has 3 N–H and O–H groups in total. The average Bonchev–Trinajstić information content (AvgIpc) is 2.40. The fraction of sp³-hybridized carbons (Fsp3) is 0.533. The largest absolute Gasteiger partial charge is 0.399 e. The van der Waals surface area contributed by atoms with E-state index < -0.39 is 0 Å². The van der Waals surface area contributed by atoms with Crippen molar-refractivity contribution in [2.24, 2.45) is 5.92 Å². The summed E-state index contributed by atoms with van der Waals surface area (Å²) in [6.45, 7) is 6.53. The molecule has 0 spiro atoms. The van der Waals surface area contributed by atoms with Gasteiger partial charge in [-0.05, 0) is 49.4 Å². The first-order valence-corrected chi connectivity index (χ1v) is 6.92. The van der Waals surface area contributed by atoms with Crippen LogP contribution in [0.4, 0.5) is 11.4 Å². The van der Waals surface area contributed by atoms with E-state index in [-0.39, 0.29) is 5.91 Å². The Kier molecular flexibility index (Phi) is 4.30. The Hall–Kier alpha value is -1.71. The summed E-state index contributed by atoms with van der Waals surface area (Å²) in [5.41, 5.74) is 9.09. The van der Waals surface area contributed by atoms with Crippen molar-refractivity contribution in [3.05, 3.63) is 23.8 Å². The summed E-state index contributed by atoms with van der Waals surface area (Å²) in [4.78, 5) is 13.3. The van der Waals surface area contributed by atoms with Crippen LogP contribution in [0.3, 0.4) is 0 Å². The fourth-order valence-corrected chi connectivity index (χ4v) is 2.54. The number of anilines is 2. The van der Waals surface area contributed by atoms with Crippen LogP contribution in [0.1, 0.15) is 25.3 Å². The molecule has 0 unspecified atom stereocenters. The zero-order valence-electron chi connectivity index (χ0n) is 11.8. The normalized spacial score (nSPS) is 16.4. The van der Waals surface area contributed by atoms with Gasteiger partial charge >= 0.3 is 0 Å². The third kappa shape index (κ3) is 3.63. The SMILES string of the molecule is CC(=O)NCC1CCN(c2ccc(N)c(C)c2)CC1. The van der Waals surface area contributed by atoms with Gasteiger partial charge in [0.15, 0.2) is 0 Å². The van der Waals surface area contributed by atoms with Crippen LogP contribution in [0.5, 0.6) is 0 Å². The van der Waals surface area contributed by atoms with E-state index in [0.717, 1.165) is 43.7 Å². The maximum Gasteiger partial charge on any atom is 0.216 e. The molecule has 1 aliphatic rings. The molecule has 1 aliphatic heterocycles. The summed E-state index contributed by atoms with van der Waals surface area (Å²) in [6, 6.07) is 6.23. The number of aryl methyl sites for hydroxylation is 1. The highest BCUT2D eigenvalue weighted by Gasteiger charge is 2.19. The zero-order chi connectivity index (χ0) is 13.8. The van der Waals surface area contributed by atoms with Crippen molar-refractivity contribution in [2.45, 2.75) is 26.7 Å². The number of hydrogen-bond donors (Lipinski definition) is 2. The van der Waals surface area contributed by atoms with Crippen LogP contribution >= 0.6 is 0 Å². The minimum atomic E-state index is 0.0663. The topological polar surface area (TPSA) is 58.4 Å². The van der Waals surface area contributed by atoms with E-state index in [1.807, 2.05) is 13.0 Å². The van der Waals surface area contributed by atoms with E-state index in [2.05, 4.69) is 22.3 Å². The second-order valence-corrected chi connectivity index (χ2v) is 5.41. The number of carbonyl (C=O) groups excluding carboxylic acids is 1. The molecule has 1 aromatic carbocycles. The minimum Gasteiger partial charge on any atom is -0.399 e. The van der Waals surface area contributed by atoms with Crippen LogP contribution in [-0.4, -0.2) is 25.5 Å². The minimum absolute atomic E-state index is 0.0663. The van der Waals surface area contributed by atoms with Gasteiger partial charge in [0.2, 0.25) is 5.91 Å². The summed E-state index contributed by atoms with van der Waals surface area (Å²) < 4.78 is 0. The van der Waals surface area contributed by atoms with Crippen LogP contribution in [0, 0.1) is 12.8 Å². The number of nitrogens with zero attached hydrogens (tertiary/aromatic N) is 1. The Morgan fingerprint density at radius 2 is 2.11 bits per heavy atom. The first-order chi connectivity index (χ1) is 9.06. The van der Waals surface area contributed by atoms with Gasteiger partial charge in [0.25, 0.3) is 0 Å². The van der Waals surface area contributed by atoms with Gasteiger partial charge in [-0.3, -0.25) is 4.79 Å². The van der Waals surface area contributed by atoms with Crippen molar-refractivity contribution < 1.29 is 4.79 Å². The van der Waals surface area contributed by atoms with E-state index in [1.165, 1.54) is 5.69 Å². The Balaban J connectivity index is 1.88. The van der Waals surface area contributed by atoms with Gasteiger partial charge < -0.3 is 16.0 Å². The lowest BCUT2D eigenvalue weighted by Crippen LogP contribution is -2.38. The molecule has 0 aromatic heterocycles. The van der Waals surface area contributed by atoms with Crippen molar-refractivity contribution in [1.29, 1.82) is 0 Å². The van der Waals surface area contributed by atoms with Gasteiger partial charge in [-0.25, -0.2) is 0 Å². The Morgan fingerprint density at radius 3 is 2.68 bits per heavy atom. The van der Waals surface area contributed by atoms with Gasteiger partial charge in [-0.1, -0.05) is 0 Å². The quantitative estimate of drug-likeness (QED) is 0.817. The highest BCUT2D eigenvalue weighted by molar-refractivity contribution is 5.72. The van der Waals surface area contributed by atoms with Crippen LogP contribution in [0.25, 0.3) is 0 Å². The number of nitrogen functional groups attached to an aromatic ring is 1. The Labute approximate surface area is 115 Å². The van der Waals surface area contributed by atoms with E-state index in [1.54, 1.807) is 6.92 Å². The summed E-state index contributed by atoms with van der Waals surface area (Å²) in [5, 5.41) is 2.91. The molecule has 4 heteroatoms. The summed E-state index contributed by atoms with van der Waals surface area (Å²) >= 11 is 0. The smallest absolute Gasteiger partial charge is 0.216 e. The maximum atomic E-state index is 10.9. The number of nitrogens with one attached hydrogen (secondary N) is 1. The first kappa shape index (κ1) is 13.7. The molecule has 1 heterocycles. The van der Waals surface area contributed by atoms with E-state index in [0.29, 0.717) is 5.92 Å². The first-order valence-electron chi connectivity index (χ1n) is 6.92. The molecule has 1 amide bonds. The molecule has 0 bridgehead atoms. The van der Waals surface area contributed by atoms with Gasteiger partial charge in [0, 0.05) is 37.9 Å². The molecule has 19 heavy (non-hydrogen) atoms. The third-order valence-electron chi connectivity index (χ3n) is 3.87. The standard InChI is InChI=1S/C15H23N3O/c1-11-9-14(3-4-15(11)16)18-7-5-13(6-8-18)10-17-12(2)19/h3-4,9,13H,5-8,10,16H2,1-2H3,(H,17,19). The van der Waals surface area contributed by atoms with Gasteiger partial charge in [-0.2, -0.15) is 0 Å². The molecule has 1 fully saturated rings. The lowest BCUT2D eigenvalue weighted by atomic mass is 9.96. The lowest BCUT2D eigenvalue weighted by molar-refractivity contribution is -0.119. The molecular formula is C15H23N3O. The summed E-state index contributed by atoms with van der Waals surface area (Å²) in [6.07, 6.45) is 2.26. The molecule has 0 atom stereocenters. The molecular weight excluding hydrogens is 238 g/mol. The van der Waals surface area contributed by atoms with Crippen LogP contribution < -0.4 is 16.0 Å². The van der Waals surface area contributed by atoms with Crippen molar-refractivity contribution >= 4 is 17.3 Å². The maximum absolute atomic E-state index is 10.9. The molecule has 2 rings (SSSR count). The Bertz CT molecular complexity index is 451. The molecule has 0 aliphatic carbocycles. The summed E-state index contributed by atoms with van der Waals surface area (Å²) in [5.74, 6) is 0.673. The fourth-order valence-electron chi connectivity index (χ4n) is 2.54. The van der Waals surface area contributed by atoms with Crippen molar-refractivity contribution in [1.82, 2.24) is 5.32 Å². The second-order valence-electron chi connectivity index (χ2n) is 5.41. The highest BCUT2D eigenvalue weighted by atomic mass is 16.1. The average molecular weight is 261 g/mol. The number of rotatable bonds is 3. The highest BCUT2D eigenvalue weighted by Crippen LogP contribution is 2.25. The van der Waals surface area contributed by atoms with Crippen LogP contribution in [0.2, 0.25) is 0 Å². The van der Waals surface area contributed by atoms with Gasteiger partial charge in [-0.15, -0.1) is 0 Å². The molecule has 1 saturated heterocycles. The van der Waals surface area contributed by atoms with E-state index in [4.69, 9.17) is 5.73 Å². The number of hydrogen-bond acceptors (Lipinski definition) is 3. The monoisotopic (exact) mass is 261 g/mol. The van der Waals surface area contributed by atoms with Crippen molar-refractivity contribution in [2.75, 3.05) is 30.3 Å². The molecule has 0 saturated carbocycles. The molecule has 0 radical (unpaired) electrons. The van der Waals surface area contributed by atoms with Crippen molar-refractivity contribution in [3.8, 4) is 0 Å². The van der Waals surface area contributed by atoms with E-state index >= 15 is 0 Å². The predicted molar refractivity (Wildman–Crippen MR) is 79.2 cm³/mol. The number of benzene rings is 1. The van der Waals surface area contributed by atoms with Crippen molar-refractivity contribution in [3.63, 3.8) is 0 Å². The second kappa shape index (κ2) is 5.95. The zero-order valence-corrected chi connectivity index (χ0v) is 11.8. The Morgan fingerprint density at radius 1 is 1.42 bits per heavy atom. The summed E-state index contributed by atoms with van der Waals surface area (Å²) in [7, 11) is 0. The number of nitrogens with two attached hydrogens (primary N) is 1. The van der Waals surface area contributed by atoms with Gasteiger partial charge in [0.1, 0.15) is 0 Å². The molecule has 4 nitrogen and oxygen atoms in total. The lowest BCUT2D eigenvalue weighted by Gasteiger charge is -2.34. The number of amides is 1. The van der Waals surface area contributed by atoms with Crippen LogP contribution in [-0.2, 0) is 4.79 Å². The predicted octanol–water partition coefficient (Wildman–Crippen LogP) is 1.93. The molecule has 104 valence electrons. The van der Waals surface area contributed by atoms with E-state index in [9.17, 15) is 4.79 Å². The number of carbonyl (C=O) groups is 1. The molecule has 1 aromatic rings. The number of piperidine rings is 1.